The molecule has 7 heteroatoms. The quantitative estimate of drug-likeness (QED) is 0.488. The number of aliphatic hydroxyl groups is 1. The molecule has 4 unspecified atom stereocenters. The number of quaternary nitrogens is 1. The van der Waals surface area contributed by atoms with Gasteiger partial charge in [0.1, 0.15) is 30.4 Å². The molecular weight excluding hydrogens is 370 g/mol. The summed E-state index contributed by atoms with van der Waals surface area (Å²) in [7, 11) is 0. The topological polar surface area (TPSA) is 59.1 Å². The summed E-state index contributed by atoms with van der Waals surface area (Å²) in [6.07, 6.45) is -1.57. The Morgan fingerprint density at radius 1 is 1.23 bits per heavy atom. The molecule has 0 radical (unpaired) electrons. The van der Waals surface area contributed by atoms with Crippen LogP contribution in [-0.4, -0.2) is 59.9 Å². The van der Waals surface area contributed by atoms with Crippen LogP contribution in [0.4, 0.5) is 0 Å². The number of fused-ring (bicyclic) bond motifs is 5. The van der Waals surface area contributed by atoms with E-state index in [9.17, 15) is 9.90 Å². The van der Waals surface area contributed by atoms with Gasteiger partial charge in [-0.2, -0.15) is 0 Å². The van der Waals surface area contributed by atoms with Gasteiger partial charge in [0.05, 0.1) is 31.9 Å². The van der Waals surface area contributed by atoms with Gasteiger partial charge in [0, 0.05) is 12.8 Å². The molecule has 0 spiro atoms. The minimum atomic E-state index is -2.76. The van der Waals surface area contributed by atoms with Crippen LogP contribution in [0.15, 0.2) is 35.0 Å². The number of likely N-dealkylation sites (N-methyl/N-ethyl adjacent to an activating group) is 1. The Bertz CT molecular complexity index is 938. The highest BCUT2D eigenvalue weighted by molar-refractivity contribution is 7.12. The van der Waals surface area contributed by atoms with E-state index < -0.39 is 60.4 Å². The van der Waals surface area contributed by atoms with Gasteiger partial charge in [-0.05, 0) is 22.9 Å². The van der Waals surface area contributed by atoms with Gasteiger partial charge in [0.25, 0.3) is 0 Å². The van der Waals surface area contributed by atoms with Crippen molar-refractivity contribution in [3.05, 3.63) is 44.8 Å². The molecule has 3 aliphatic rings. The van der Waals surface area contributed by atoms with E-state index in [1.54, 1.807) is 35.0 Å². The highest BCUT2D eigenvalue weighted by Gasteiger charge is 2.71. The molecule has 138 valence electrons. The first kappa shape index (κ1) is 11.6. The average molecular weight is 399 g/mol. The van der Waals surface area contributed by atoms with Crippen molar-refractivity contribution in [2.75, 3.05) is 14.0 Å². The van der Waals surface area contributed by atoms with E-state index in [2.05, 4.69) is 0 Å². The molecule has 26 heavy (non-hydrogen) atoms. The van der Waals surface area contributed by atoms with E-state index >= 15 is 0 Å². The normalized spacial score (nSPS) is 38.7. The lowest BCUT2D eigenvalue weighted by Crippen LogP contribution is -2.60. The molecule has 2 bridgehead atoms. The second-order valence-electron chi connectivity index (χ2n) is 7.14. The van der Waals surface area contributed by atoms with Gasteiger partial charge in [0.2, 0.25) is 5.60 Å². The van der Waals surface area contributed by atoms with E-state index in [1.165, 1.54) is 22.7 Å². The maximum atomic E-state index is 13.3. The number of piperidine rings is 1. The van der Waals surface area contributed by atoms with Crippen LogP contribution in [-0.2, 0) is 19.9 Å². The molecule has 5 nitrogen and oxygen atoms in total. The van der Waals surface area contributed by atoms with Crippen LogP contribution in [0.5, 0.6) is 0 Å². The molecular formula is C19H22NO4S2+. The summed E-state index contributed by atoms with van der Waals surface area (Å²) in [6, 6.07) is 5.10. The monoisotopic (exact) mass is 398 g/mol. The largest absolute Gasteiger partial charge is 0.459 e. The first-order valence-corrected chi connectivity index (χ1v) is 10.2. The van der Waals surface area contributed by atoms with Crippen LogP contribution < -0.4 is 0 Å². The maximum absolute atomic E-state index is 13.3. The SMILES string of the molecule is [2H]C([2H])([2H])[N+]1(C([2H])([2H])[2H])C2CC(OC(=O)C(O)(c3cccs3)c3cccs3)CC1C1OC12. The number of carbonyl (C=O) groups excluding carboxylic acids is 1. The fourth-order valence-electron chi connectivity index (χ4n) is 4.32. The molecule has 3 aliphatic heterocycles. The van der Waals surface area contributed by atoms with Crippen molar-refractivity contribution >= 4 is 28.6 Å². The Kier molecular flexibility index (Phi) is 2.50. The molecule has 0 amide bonds. The summed E-state index contributed by atoms with van der Waals surface area (Å²) in [6.45, 7) is -5.53. The van der Waals surface area contributed by atoms with Crippen LogP contribution >= 0.6 is 22.7 Å². The number of esters is 1. The zero-order valence-corrected chi connectivity index (χ0v) is 15.3. The second-order valence-corrected chi connectivity index (χ2v) is 9.04. The highest BCUT2D eigenvalue weighted by Crippen LogP contribution is 2.52. The molecule has 3 saturated heterocycles. The summed E-state index contributed by atoms with van der Waals surface area (Å²) in [5.74, 6) is -0.843. The molecule has 4 atom stereocenters. The van der Waals surface area contributed by atoms with Gasteiger partial charge >= 0.3 is 5.97 Å². The molecule has 3 fully saturated rings. The number of hydrogen-bond acceptors (Lipinski definition) is 6. The van der Waals surface area contributed by atoms with Crippen molar-refractivity contribution < 1.29 is 32.1 Å². The summed E-state index contributed by atoms with van der Waals surface area (Å²) < 4.78 is 58.8. The van der Waals surface area contributed by atoms with Crippen LogP contribution in [0.3, 0.4) is 0 Å². The van der Waals surface area contributed by atoms with E-state index in [4.69, 9.17) is 17.7 Å². The first-order chi connectivity index (χ1) is 14.9. The third kappa shape index (κ3) is 2.28. The Hall–Kier alpha value is -1.25. The van der Waals surface area contributed by atoms with E-state index in [-0.39, 0.29) is 12.8 Å². The van der Waals surface area contributed by atoms with E-state index in [0.29, 0.717) is 9.75 Å². The number of carbonyl (C=O) groups is 1. The first-order valence-electron chi connectivity index (χ1n) is 11.5. The summed E-state index contributed by atoms with van der Waals surface area (Å²) in [5.41, 5.74) is -1.97. The van der Waals surface area contributed by atoms with Crippen LogP contribution in [0.2, 0.25) is 0 Å². The minimum Gasteiger partial charge on any atom is -0.459 e. The molecule has 2 aromatic rings. The molecule has 0 saturated carbocycles. The van der Waals surface area contributed by atoms with Crippen molar-refractivity contribution in [2.45, 2.75) is 48.8 Å². The third-order valence-electron chi connectivity index (χ3n) is 5.70. The number of ether oxygens (including phenoxy) is 2. The summed E-state index contributed by atoms with van der Waals surface area (Å²) >= 11 is 2.46. The molecule has 5 heterocycles. The summed E-state index contributed by atoms with van der Waals surface area (Å²) in [5, 5.41) is 14.9. The third-order valence-corrected chi connectivity index (χ3v) is 7.66. The number of epoxide rings is 1. The standard InChI is InChI=1S/C19H22NO4S2/c1-20(2)12-9-11(10-13(20)17-16(12)24-17)23-18(21)19(22,14-5-3-7-25-14)15-6-4-8-26-15/h3-8,11-13,16-17,22H,9-10H2,1-2H3/q+1/i1D3,2D3. The van der Waals surface area contributed by atoms with Crippen LogP contribution in [0, 0.1) is 0 Å². The average Bonchev–Trinajstić information content (AvgIpc) is 3.07. The van der Waals surface area contributed by atoms with Crippen molar-refractivity contribution in [3.63, 3.8) is 0 Å². The lowest BCUT2D eigenvalue weighted by Gasteiger charge is -2.45. The number of nitrogens with zero attached hydrogens (tertiary/aromatic N) is 1. The van der Waals surface area contributed by atoms with Gasteiger partial charge in [-0.3, -0.25) is 0 Å². The lowest BCUT2D eigenvalue weighted by atomic mass is 9.95. The fraction of sp³-hybridized carbons (Fsp3) is 0.526. The predicted octanol–water partition coefficient (Wildman–Crippen LogP) is 2.35. The Labute approximate surface area is 168 Å². The van der Waals surface area contributed by atoms with Gasteiger partial charge in [-0.15, -0.1) is 22.7 Å². The van der Waals surface area contributed by atoms with Gasteiger partial charge in [0.15, 0.2) is 0 Å². The number of hydrogen-bond donors (Lipinski definition) is 1. The fourth-order valence-corrected chi connectivity index (χ4v) is 6.04. The molecule has 5 rings (SSSR count). The predicted molar refractivity (Wildman–Crippen MR) is 99.1 cm³/mol. The Balaban J connectivity index is 1.44. The Morgan fingerprint density at radius 3 is 2.27 bits per heavy atom. The van der Waals surface area contributed by atoms with Gasteiger partial charge in [-0.25, -0.2) is 4.79 Å². The zero-order chi connectivity index (χ0) is 23.1. The van der Waals surface area contributed by atoms with E-state index in [0.717, 1.165) is 0 Å². The number of rotatable bonds is 4. The van der Waals surface area contributed by atoms with Crippen molar-refractivity contribution in [1.82, 2.24) is 0 Å². The van der Waals surface area contributed by atoms with E-state index in [1.807, 2.05) is 0 Å². The van der Waals surface area contributed by atoms with Crippen molar-refractivity contribution in [3.8, 4) is 0 Å². The minimum absolute atomic E-state index is 0.0468. The number of morpholine rings is 1. The van der Waals surface area contributed by atoms with Crippen LogP contribution in [0.25, 0.3) is 0 Å². The Morgan fingerprint density at radius 2 is 1.81 bits per heavy atom. The molecule has 2 aromatic heterocycles. The molecule has 0 aliphatic carbocycles. The van der Waals surface area contributed by atoms with Gasteiger partial charge < -0.3 is 19.1 Å². The maximum Gasteiger partial charge on any atom is 0.349 e. The van der Waals surface area contributed by atoms with Crippen molar-refractivity contribution in [2.24, 2.45) is 0 Å². The zero-order valence-electron chi connectivity index (χ0n) is 19.7. The summed E-state index contributed by atoms with van der Waals surface area (Å²) in [4.78, 5) is 14.1. The van der Waals surface area contributed by atoms with Crippen LogP contribution in [0.1, 0.15) is 30.8 Å². The molecule has 1 N–H and O–H groups in total. The van der Waals surface area contributed by atoms with Gasteiger partial charge in [-0.1, -0.05) is 12.1 Å². The highest BCUT2D eigenvalue weighted by atomic mass is 32.1. The molecule has 0 aromatic carbocycles. The second kappa shape index (κ2) is 5.62. The van der Waals surface area contributed by atoms with Crippen molar-refractivity contribution in [1.29, 1.82) is 0 Å². The number of thiophene rings is 2. The lowest BCUT2D eigenvalue weighted by molar-refractivity contribution is -0.938. The smallest absolute Gasteiger partial charge is 0.349 e.